The molecule has 1 amide bonds. The molecule has 2 N–H and O–H groups in total. The topological polar surface area (TPSA) is 67.6 Å². The lowest BCUT2D eigenvalue weighted by molar-refractivity contribution is -0.130. The minimum atomic E-state index is 0.115. The summed E-state index contributed by atoms with van der Waals surface area (Å²) in [5.41, 5.74) is 2.68. The van der Waals surface area contributed by atoms with Crippen molar-refractivity contribution >= 4 is 28.6 Å². The average molecular weight is 373 g/mol. The van der Waals surface area contributed by atoms with E-state index < -0.39 is 0 Å². The first-order valence-electron chi connectivity index (χ1n) is 9.49. The molecule has 0 atom stereocenters. The highest BCUT2D eigenvalue weighted by Gasteiger charge is 2.23. The van der Waals surface area contributed by atoms with Crippen LogP contribution in [0.25, 0.3) is 10.8 Å². The second kappa shape index (κ2) is 7.72. The maximum Gasteiger partial charge on any atom is 0.227 e. The van der Waals surface area contributed by atoms with Crippen LogP contribution in [0.4, 0.5) is 5.69 Å². The first-order valence-corrected chi connectivity index (χ1v) is 9.49. The average Bonchev–Trinajstić information content (AvgIpc) is 2.74. The number of phenolic OH excluding ortho intramolecular Hbond substituents is 1. The molecule has 1 saturated heterocycles. The number of aromatic hydroxyl groups is 1. The maximum atomic E-state index is 12.9. The summed E-state index contributed by atoms with van der Waals surface area (Å²) < 4.78 is 0. The number of carbonyl (C=O) groups excluding carboxylic acids is 1. The number of hydrogen-bond donors (Lipinski definition) is 2. The third kappa shape index (κ3) is 3.43. The molecule has 1 heterocycles. The fourth-order valence-corrected chi connectivity index (χ4v) is 3.87. The number of para-hydroxylation sites is 2. The van der Waals surface area contributed by atoms with E-state index in [9.17, 15) is 9.90 Å². The van der Waals surface area contributed by atoms with E-state index in [0.717, 1.165) is 27.6 Å². The van der Waals surface area contributed by atoms with Crippen molar-refractivity contribution in [2.45, 2.75) is 6.42 Å². The van der Waals surface area contributed by atoms with Gasteiger partial charge in [-0.25, -0.2) is 0 Å². The molecule has 0 radical (unpaired) electrons. The third-order valence-corrected chi connectivity index (χ3v) is 5.40. The van der Waals surface area contributed by atoms with Crippen LogP contribution in [-0.2, 0) is 11.2 Å². The number of fused-ring (bicyclic) bond motifs is 1. The van der Waals surface area contributed by atoms with E-state index in [1.54, 1.807) is 6.07 Å². The van der Waals surface area contributed by atoms with Gasteiger partial charge in [0, 0.05) is 32.4 Å². The zero-order chi connectivity index (χ0) is 19.5. The quantitative estimate of drug-likeness (QED) is 0.689. The maximum absolute atomic E-state index is 12.9. The van der Waals surface area contributed by atoms with Gasteiger partial charge in [-0.15, -0.1) is 0 Å². The van der Waals surface area contributed by atoms with E-state index in [1.807, 2.05) is 59.5 Å². The molecule has 28 heavy (non-hydrogen) atoms. The summed E-state index contributed by atoms with van der Waals surface area (Å²) in [6, 6.07) is 19.1. The Balaban J connectivity index is 1.46. The van der Waals surface area contributed by atoms with Crippen molar-refractivity contribution in [2.75, 3.05) is 31.1 Å². The van der Waals surface area contributed by atoms with Crippen LogP contribution < -0.4 is 4.90 Å². The summed E-state index contributed by atoms with van der Waals surface area (Å²) in [6.07, 6.45) is 1.71. The van der Waals surface area contributed by atoms with Gasteiger partial charge in [-0.3, -0.25) is 4.79 Å². The van der Waals surface area contributed by atoms with Gasteiger partial charge in [-0.1, -0.05) is 48.5 Å². The third-order valence-electron chi connectivity index (χ3n) is 5.40. The number of piperazine rings is 1. The Morgan fingerprint density at radius 2 is 1.61 bits per heavy atom. The summed E-state index contributed by atoms with van der Waals surface area (Å²) in [4.78, 5) is 16.9. The van der Waals surface area contributed by atoms with Crippen molar-refractivity contribution in [3.8, 4) is 5.75 Å². The second-order valence-corrected chi connectivity index (χ2v) is 7.04. The van der Waals surface area contributed by atoms with E-state index >= 15 is 0 Å². The van der Waals surface area contributed by atoms with Crippen molar-refractivity contribution in [1.82, 2.24) is 4.90 Å². The van der Waals surface area contributed by atoms with E-state index in [0.29, 0.717) is 32.6 Å². The van der Waals surface area contributed by atoms with Gasteiger partial charge in [0.1, 0.15) is 5.75 Å². The molecule has 0 bridgehead atoms. The molecule has 0 unspecified atom stereocenters. The van der Waals surface area contributed by atoms with Crippen LogP contribution in [0.2, 0.25) is 0 Å². The van der Waals surface area contributed by atoms with Gasteiger partial charge in [0.15, 0.2) is 0 Å². The van der Waals surface area contributed by atoms with E-state index in [1.165, 1.54) is 6.21 Å². The number of nitrogens with zero attached hydrogens (tertiary/aromatic N) is 2. The summed E-state index contributed by atoms with van der Waals surface area (Å²) >= 11 is 0. The number of carbonyl (C=O) groups is 1. The molecule has 1 aliphatic rings. The van der Waals surface area contributed by atoms with Crippen LogP contribution in [0.15, 0.2) is 60.7 Å². The molecular formula is C23H23N3O2. The highest BCUT2D eigenvalue weighted by Crippen LogP contribution is 2.27. The highest BCUT2D eigenvalue weighted by molar-refractivity contribution is 6.01. The van der Waals surface area contributed by atoms with Crippen molar-refractivity contribution in [2.24, 2.45) is 0 Å². The van der Waals surface area contributed by atoms with Crippen LogP contribution in [-0.4, -0.2) is 48.3 Å². The number of amides is 1. The second-order valence-electron chi connectivity index (χ2n) is 7.04. The molecule has 0 aliphatic carbocycles. The minimum Gasteiger partial charge on any atom is -0.506 e. The summed E-state index contributed by atoms with van der Waals surface area (Å²) in [5.74, 6) is 0.393. The van der Waals surface area contributed by atoms with E-state index in [-0.39, 0.29) is 11.7 Å². The van der Waals surface area contributed by atoms with Crippen LogP contribution in [0.1, 0.15) is 11.1 Å². The number of nitrogens with one attached hydrogen (secondary N) is 1. The number of anilines is 1. The molecule has 0 aromatic heterocycles. The summed E-state index contributed by atoms with van der Waals surface area (Å²) in [7, 11) is 0. The molecule has 0 saturated carbocycles. The SMILES string of the molecule is N=Cc1ccc(CC(=O)N2CCN(c3ccccc3O)CC2)c2ccccc12. The van der Waals surface area contributed by atoms with Crippen molar-refractivity contribution in [1.29, 1.82) is 5.41 Å². The van der Waals surface area contributed by atoms with Crippen molar-refractivity contribution < 1.29 is 9.90 Å². The zero-order valence-corrected chi connectivity index (χ0v) is 15.6. The number of hydrogen-bond acceptors (Lipinski definition) is 4. The highest BCUT2D eigenvalue weighted by atomic mass is 16.3. The standard InChI is InChI=1S/C23H23N3O2/c24-16-18-10-9-17(19-5-1-2-6-20(18)19)15-23(28)26-13-11-25(12-14-26)21-7-3-4-8-22(21)27/h1-10,16,24,27H,11-15H2. The fraction of sp³-hybridized carbons (Fsp3) is 0.217. The van der Waals surface area contributed by atoms with Crippen molar-refractivity contribution in [3.63, 3.8) is 0 Å². The van der Waals surface area contributed by atoms with Gasteiger partial charge >= 0.3 is 0 Å². The normalized spacial score (nSPS) is 14.3. The molecule has 1 fully saturated rings. The lowest BCUT2D eigenvalue weighted by Gasteiger charge is -2.36. The van der Waals surface area contributed by atoms with Gasteiger partial charge in [-0.05, 0) is 34.0 Å². The Bertz CT molecular complexity index is 1020. The van der Waals surface area contributed by atoms with Gasteiger partial charge in [0.05, 0.1) is 12.1 Å². The van der Waals surface area contributed by atoms with Gasteiger partial charge in [-0.2, -0.15) is 0 Å². The van der Waals surface area contributed by atoms with Gasteiger partial charge in [0.2, 0.25) is 5.91 Å². The molecule has 3 aromatic carbocycles. The molecular weight excluding hydrogens is 350 g/mol. The Labute approximate surface area is 164 Å². The van der Waals surface area contributed by atoms with Gasteiger partial charge < -0.3 is 20.3 Å². The Morgan fingerprint density at radius 3 is 2.32 bits per heavy atom. The van der Waals surface area contributed by atoms with Crippen LogP contribution in [0.5, 0.6) is 5.75 Å². The number of phenols is 1. The van der Waals surface area contributed by atoms with Crippen LogP contribution in [0.3, 0.4) is 0 Å². The summed E-state index contributed by atoms with van der Waals surface area (Å²) in [6.45, 7) is 2.70. The fourth-order valence-electron chi connectivity index (χ4n) is 3.87. The largest absolute Gasteiger partial charge is 0.506 e. The lowest BCUT2D eigenvalue weighted by atomic mass is 9.98. The molecule has 5 heteroatoms. The molecule has 1 aliphatic heterocycles. The summed E-state index contributed by atoms with van der Waals surface area (Å²) in [5, 5.41) is 19.7. The van der Waals surface area contributed by atoms with E-state index in [4.69, 9.17) is 5.41 Å². The lowest BCUT2D eigenvalue weighted by Crippen LogP contribution is -2.49. The first-order chi connectivity index (χ1) is 13.7. The zero-order valence-electron chi connectivity index (χ0n) is 15.6. The van der Waals surface area contributed by atoms with E-state index in [2.05, 4.69) is 4.90 Å². The molecule has 5 nitrogen and oxygen atoms in total. The molecule has 142 valence electrons. The predicted molar refractivity (Wildman–Crippen MR) is 112 cm³/mol. The number of rotatable bonds is 4. The Hall–Kier alpha value is -3.34. The predicted octanol–water partition coefficient (Wildman–Crippen LogP) is 3.43. The van der Waals surface area contributed by atoms with Crippen molar-refractivity contribution in [3.05, 3.63) is 71.8 Å². The molecule has 4 rings (SSSR count). The monoisotopic (exact) mass is 373 g/mol. The van der Waals surface area contributed by atoms with Gasteiger partial charge in [0.25, 0.3) is 0 Å². The van der Waals surface area contributed by atoms with Crippen LogP contribution in [0, 0.1) is 5.41 Å². The first kappa shape index (κ1) is 18.0. The number of benzene rings is 3. The molecule has 0 spiro atoms. The smallest absolute Gasteiger partial charge is 0.227 e. The minimum absolute atomic E-state index is 0.115. The van der Waals surface area contributed by atoms with Crippen LogP contribution >= 0.6 is 0 Å². The Kier molecular flexibility index (Phi) is 4.98. The Morgan fingerprint density at radius 1 is 0.929 bits per heavy atom. The molecule has 3 aromatic rings.